The summed E-state index contributed by atoms with van der Waals surface area (Å²) in [4.78, 5) is 11.0. The van der Waals surface area contributed by atoms with Crippen LogP contribution >= 0.6 is 9.24 Å². The molecule has 1 spiro atoms. The summed E-state index contributed by atoms with van der Waals surface area (Å²) in [5.74, 6) is 0. The standard InChI is InChI=1S/C15H12P.C5H5.Fe/c16-15-10-4-9-14(15)13-8-3-6-11-5-1-2-7-12(11)13;1-2-4-5-3-1;/h1-10H,16H2;1-5H;. The predicted octanol–water partition coefficient (Wildman–Crippen LogP) is 5.42. The molecule has 10 aliphatic heterocycles. The van der Waals surface area contributed by atoms with Crippen LogP contribution in [0, 0.1) is 0 Å². The second-order valence-corrected chi connectivity index (χ2v) is 37.1. The van der Waals surface area contributed by atoms with Gasteiger partial charge in [0.05, 0.1) is 0 Å². The zero-order chi connectivity index (χ0) is 13.6. The Bertz CT molecular complexity index is 1460. The molecule has 0 aromatic heterocycles. The molecule has 2 heteroatoms. The molecular weight excluding hydrogens is 327 g/mol. The van der Waals surface area contributed by atoms with Gasteiger partial charge in [0.1, 0.15) is 0 Å². The molecule has 0 amide bonds. The Morgan fingerprint density at radius 1 is 0.773 bits per heavy atom. The summed E-state index contributed by atoms with van der Waals surface area (Å²) >= 11 is 0. The van der Waals surface area contributed by atoms with E-state index in [-0.39, 0.29) is 0 Å². The van der Waals surface area contributed by atoms with Gasteiger partial charge < -0.3 is 0 Å². The third-order valence-electron chi connectivity index (χ3n) is 17.2. The van der Waals surface area contributed by atoms with E-state index in [9.17, 15) is 0 Å². The van der Waals surface area contributed by atoms with Crippen LogP contribution in [0.25, 0.3) is 10.8 Å². The first-order chi connectivity index (χ1) is 10.5. The fourth-order valence-corrected chi connectivity index (χ4v) is 104. The van der Waals surface area contributed by atoms with E-state index in [2.05, 4.69) is 51.7 Å². The van der Waals surface area contributed by atoms with Crippen molar-refractivity contribution < 1.29 is 6.51 Å². The van der Waals surface area contributed by atoms with E-state index in [0.717, 1.165) is 8.37 Å². The van der Waals surface area contributed by atoms with E-state index in [1.807, 2.05) is 5.56 Å². The fourth-order valence-electron chi connectivity index (χ4n) is 19.0. The quantitative estimate of drug-likeness (QED) is 0.479. The first-order valence-electron chi connectivity index (χ1n) is 9.01. The Morgan fingerprint density at radius 2 is 1.45 bits per heavy atom. The van der Waals surface area contributed by atoms with Crippen LogP contribution < -0.4 is 0 Å². The van der Waals surface area contributed by atoms with E-state index < -0.39 is 6.51 Å². The van der Waals surface area contributed by atoms with Crippen molar-refractivity contribution >= 4 is 20.0 Å². The number of hydrogen-bond acceptors (Lipinski definition) is 0. The maximum atomic E-state index is 3.64. The van der Waals surface area contributed by atoms with E-state index in [1.54, 1.807) is 5.39 Å². The van der Waals surface area contributed by atoms with Crippen molar-refractivity contribution in [2.24, 2.45) is 0 Å². The van der Waals surface area contributed by atoms with Gasteiger partial charge in [0, 0.05) is 0 Å². The van der Waals surface area contributed by atoms with Gasteiger partial charge in [-0.3, -0.25) is 0 Å². The molecule has 10 aliphatic rings. The van der Waals surface area contributed by atoms with Crippen molar-refractivity contribution in [1.82, 2.24) is 0 Å². The molecule has 10 fully saturated rings. The number of hydrogen-bond donors (Lipinski definition) is 0. The van der Waals surface area contributed by atoms with Crippen LogP contribution in [0.15, 0.2) is 42.5 Å². The van der Waals surface area contributed by atoms with E-state index >= 15 is 0 Å². The van der Waals surface area contributed by atoms with E-state index in [0.29, 0.717) is 0 Å². The van der Waals surface area contributed by atoms with Crippen LogP contribution in [-0.4, -0.2) is 4.05 Å². The maximum absolute atomic E-state index is 3.64. The molecule has 0 radical (unpaired) electrons. The average molecular weight is 344 g/mol. The summed E-state index contributed by atoms with van der Waals surface area (Å²) in [6.07, 6.45) is 0. The average Bonchev–Trinajstić information content (AvgIpc) is 3.49. The van der Waals surface area contributed by atoms with Gasteiger partial charge in [-0.1, -0.05) is 0 Å². The molecule has 2 aromatic carbocycles. The summed E-state index contributed by atoms with van der Waals surface area (Å²) in [6, 6.07) is 16.6. The second kappa shape index (κ2) is 0.854. The normalized spacial score (nSPS) is 98.2. The third-order valence-corrected chi connectivity index (χ3v) is 65.6. The number of rotatable bonds is 1. The topological polar surface area (TPSA) is 0 Å². The summed E-state index contributed by atoms with van der Waals surface area (Å²) in [6.45, 7) is -3.18. The Balaban J connectivity index is 1.48. The zero-order valence-corrected chi connectivity index (χ0v) is 14.4. The monoisotopic (exact) mass is 344 g/mol. The molecule has 0 nitrogen and oxygen atoms in total. The Kier molecular flexibility index (Phi) is 0.336. The molecule has 0 aliphatic carbocycles. The van der Waals surface area contributed by atoms with E-state index in [1.165, 1.54) is 43.9 Å². The molecule has 0 saturated carbocycles. The van der Waals surface area contributed by atoms with Gasteiger partial charge >= 0.3 is 121 Å². The Labute approximate surface area is 121 Å². The molecule has 110 valence electrons. The first kappa shape index (κ1) is 8.66. The van der Waals surface area contributed by atoms with Crippen molar-refractivity contribution in [3.8, 4) is 0 Å². The van der Waals surface area contributed by atoms with Crippen molar-refractivity contribution in [2.75, 3.05) is 0 Å². The number of fused-ring (bicyclic) bond motifs is 11. The van der Waals surface area contributed by atoms with Crippen molar-refractivity contribution in [1.29, 1.82) is 0 Å². The molecule has 6 atom stereocenters. The zero-order valence-electron chi connectivity index (χ0n) is 12.1. The third kappa shape index (κ3) is 0.106. The molecular formula is C20H17FeP. The summed E-state index contributed by atoms with van der Waals surface area (Å²) < 4.78 is 1.67. The Hall–Kier alpha value is -0.351. The van der Waals surface area contributed by atoms with Crippen LogP contribution in [-0.2, 0) is 10.8 Å². The first-order valence-corrected chi connectivity index (χ1v) is 15.8. The molecule has 0 N–H and O–H groups in total. The summed E-state index contributed by atoms with van der Waals surface area (Å²) in [5, 5.41) is 3.14. The second-order valence-electron chi connectivity index (χ2n) is 12.3. The predicted molar refractivity (Wildman–Crippen MR) is 88.1 cm³/mol. The van der Waals surface area contributed by atoms with Gasteiger partial charge in [0.25, 0.3) is 0 Å². The van der Waals surface area contributed by atoms with Gasteiger partial charge in [-0.15, -0.1) is 0 Å². The molecule has 22 heavy (non-hydrogen) atoms. The van der Waals surface area contributed by atoms with Crippen molar-refractivity contribution in [3.05, 3.63) is 48.0 Å². The van der Waals surface area contributed by atoms with Gasteiger partial charge in [0.15, 0.2) is 0 Å². The van der Waals surface area contributed by atoms with Gasteiger partial charge in [0.2, 0.25) is 0 Å². The van der Waals surface area contributed by atoms with Gasteiger partial charge in [-0.2, -0.15) is 0 Å². The minimum absolute atomic E-state index is 0.817. The number of benzene rings is 2. The summed E-state index contributed by atoms with van der Waals surface area (Å²) in [7, 11) is 3.64. The van der Waals surface area contributed by atoms with Crippen LogP contribution in [0.1, 0.15) is 5.56 Å². The molecule has 6 unspecified atom stereocenters. The van der Waals surface area contributed by atoms with Crippen LogP contribution in [0.4, 0.5) is 0 Å². The molecule has 10 heterocycles. The van der Waals surface area contributed by atoms with Crippen LogP contribution in [0.2, 0.25) is 38.5 Å². The molecule has 10 saturated heterocycles. The van der Waals surface area contributed by atoms with Crippen LogP contribution in [0.3, 0.4) is 0 Å². The fraction of sp³-hybridized carbons (Fsp3) is 0.500. The van der Waals surface area contributed by atoms with Crippen molar-refractivity contribution in [3.63, 3.8) is 0 Å². The summed E-state index contributed by atoms with van der Waals surface area (Å²) in [5.41, 5.74) is 1.88. The molecule has 2 aromatic rings. The van der Waals surface area contributed by atoms with Crippen molar-refractivity contribution in [2.45, 2.75) is 46.9 Å². The van der Waals surface area contributed by atoms with Gasteiger partial charge in [-0.05, 0) is 0 Å². The van der Waals surface area contributed by atoms with Crippen LogP contribution in [0.5, 0.6) is 0 Å². The Morgan fingerprint density at radius 3 is 2.00 bits per heavy atom. The molecule has 12 rings (SSSR count). The van der Waals surface area contributed by atoms with E-state index in [4.69, 9.17) is 0 Å². The minimum atomic E-state index is -3.18. The van der Waals surface area contributed by atoms with Gasteiger partial charge in [-0.25, -0.2) is 0 Å². The SMILES string of the molecule is P[C]12[CH]3[CH]4[CH]5[C]1(c1cccc6ccccc16)[Fe]43521678[CH]2[CH]1[CH]6[CH]7[CH]28. The molecule has 0 bridgehead atoms.